The quantitative estimate of drug-likeness (QED) is 0.737. The molecule has 0 amide bonds. The lowest BCUT2D eigenvalue weighted by Crippen LogP contribution is -2.00. The van der Waals surface area contributed by atoms with E-state index < -0.39 is 6.67 Å². The minimum atomic E-state index is -0.391. The summed E-state index contributed by atoms with van der Waals surface area (Å²) in [6.07, 6.45) is 3.87. The van der Waals surface area contributed by atoms with Gasteiger partial charge in [-0.1, -0.05) is 6.07 Å². The van der Waals surface area contributed by atoms with E-state index in [0.717, 1.165) is 15.6 Å². The first kappa shape index (κ1) is 14.8. The molecule has 0 aliphatic heterocycles. The summed E-state index contributed by atoms with van der Waals surface area (Å²) in [6.45, 7) is -0.0649. The Morgan fingerprint density at radius 1 is 1.15 bits per heavy atom. The summed E-state index contributed by atoms with van der Waals surface area (Å²) < 4.78 is 23.9. The SMILES string of the molecule is COc1ccc(-c2cncc(Br)c2)cc1OCCCF. The summed E-state index contributed by atoms with van der Waals surface area (Å²) in [7, 11) is 1.58. The summed E-state index contributed by atoms with van der Waals surface area (Å²) in [6, 6.07) is 7.62. The van der Waals surface area contributed by atoms with Gasteiger partial charge in [-0.3, -0.25) is 9.37 Å². The van der Waals surface area contributed by atoms with Crippen molar-refractivity contribution in [2.24, 2.45) is 0 Å². The molecule has 2 rings (SSSR count). The highest BCUT2D eigenvalue weighted by Crippen LogP contribution is 2.33. The van der Waals surface area contributed by atoms with E-state index in [1.165, 1.54) is 0 Å². The number of hydrogen-bond donors (Lipinski definition) is 0. The number of ether oxygens (including phenoxy) is 2. The lowest BCUT2D eigenvalue weighted by molar-refractivity contribution is 0.274. The van der Waals surface area contributed by atoms with Gasteiger partial charge in [0.1, 0.15) is 0 Å². The van der Waals surface area contributed by atoms with Crippen molar-refractivity contribution in [1.29, 1.82) is 0 Å². The molecule has 5 heteroatoms. The molecular weight excluding hydrogens is 325 g/mol. The Bertz CT molecular complexity index is 578. The van der Waals surface area contributed by atoms with Crippen molar-refractivity contribution in [2.75, 3.05) is 20.4 Å². The predicted molar refractivity (Wildman–Crippen MR) is 80.0 cm³/mol. The van der Waals surface area contributed by atoms with Gasteiger partial charge in [0.05, 0.1) is 20.4 Å². The van der Waals surface area contributed by atoms with Crippen molar-refractivity contribution in [3.05, 3.63) is 41.1 Å². The van der Waals surface area contributed by atoms with Crippen molar-refractivity contribution in [3.8, 4) is 22.6 Å². The second-order valence-electron chi connectivity index (χ2n) is 4.15. The minimum absolute atomic E-state index is 0.326. The van der Waals surface area contributed by atoms with E-state index in [1.54, 1.807) is 19.5 Å². The Hall–Kier alpha value is -1.62. The van der Waals surface area contributed by atoms with Gasteiger partial charge < -0.3 is 9.47 Å². The third kappa shape index (κ3) is 3.70. The molecule has 0 bridgehead atoms. The average molecular weight is 340 g/mol. The summed E-state index contributed by atoms with van der Waals surface area (Å²) in [4.78, 5) is 4.14. The molecule has 0 saturated carbocycles. The zero-order chi connectivity index (χ0) is 14.4. The first-order valence-corrected chi connectivity index (χ1v) is 7.01. The van der Waals surface area contributed by atoms with Crippen LogP contribution in [0.1, 0.15) is 6.42 Å². The van der Waals surface area contributed by atoms with E-state index in [4.69, 9.17) is 9.47 Å². The normalized spacial score (nSPS) is 10.3. The number of pyridine rings is 1. The van der Waals surface area contributed by atoms with Gasteiger partial charge in [-0.25, -0.2) is 0 Å². The average Bonchev–Trinajstić information content (AvgIpc) is 2.47. The molecule has 0 fully saturated rings. The van der Waals surface area contributed by atoms with Crippen LogP contribution in [0, 0.1) is 0 Å². The standard InChI is InChI=1S/C15H15BrFNO2/c1-19-14-4-3-11(8-15(14)20-6-2-5-17)12-7-13(16)10-18-9-12/h3-4,7-10H,2,5-6H2,1H3. The van der Waals surface area contributed by atoms with Gasteiger partial charge in [0.15, 0.2) is 11.5 Å². The molecule has 2 aromatic rings. The Balaban J connectivity index is 2.28. The number of hydrogen-bond acceptors (Lipinski definition) is 3. The van der Waals surface area contributed by atoms with Crippen LogP contribution in [0.4, 0.5) is 4.39 Å². The lowest BCUT2D eigenvalue weighted by atomic mass is 10.1. The van der Waals surface area contributed by atoms with Gasteiger partial charge in [-0.15, -0.1) is 0 Å². The van der Waals surface area contributed by atoms with Crippen molar-refractivity contribution in [2.45, 2.75) is 6.42 Å². The molecule has 1 aromatic carbocycles. The highest BCUT2D eigenvalue weighted by atomic mass is 79.9. The maximum atomic E-state index is 12.1. The minimum Gasteiger partial charge on any atom is -0.493 e. The molecule has 1 aromatic heterocycles. The van der Waals surface area contributed by atoms with E-state index in [1.807, 2.05) is 24.3 Å². The molecule has 106 valence electrons. The molecule has 0 radical (unpaired) electrons. The highest BCUT2D eigenvalue weighted by Gasteiger charge is 2.08. The molecule has 20 heavy (non-hydrogen) atoms. The summed E-state index contributed by atoms with van der Waals surface area (Å²) in [5.74, 6) is 1.24. The van der Waals surface area contributed by atoms with Crippen LogP contribution in [-0.4, -0.2) is 25.4 Å². The third-order valence-electron chi connectivity index (χ3n) is 2.74. The molecule has 1 heterocycles. The van der Waals surface area contributed by atoms with Crippen LogP contribution in [0.25, 0.3) is 11.1 Å². The van der Waals surface area contributed by atoms with Crippen molar-refractivity contribution in [3.63, 3.8) is 0 Å². The number of halogens is 2. The fourth-order valence-electron chi connectivity index (χ4n) is 1.78. The van der Waals surface area contributed by atoms with Crippen LogP contribution < -0.4 is 9.47 Å². The number of rotatable bonds is 6. The molecule has 3 nitrogen and oxygen atoms in total. The van der Waals surface area contributed by atoms with Crippen LogP contribution in [-0.2, 0) is 0 Å². The van der Waals surface area contributed by atoms with Crippen molar-refractivity contribution >= 4 is 15.9 Å². The van der Waals surface area contributed by atoms with E-state index in [-0.39, 0.29) is 0 Å². The van der Waals surface area contributed by atoms with E-state index in [0.29, 0.717) is 24.5 Å². The fraction of sp³-hybridized carbons (Fsp3) is 0.267. The Kier molecular flexibility index (Phi) is 5.35. The lowest BCUT2D eigenvalue weighted by Gasteiger charge is -2.12. The van der Waals surface area contributed by atoms with Crippen molar-refractivity contribution < 1.29 is 13.9 Å². The van der Waals surface area contributed by atoms with E-state index >= 15 is 0 Å². The van der Waals surface area contributed by atoms with Gasteiger partial charge in [0.2, 0.25) is 0 Å². The molecule has 0 atom stereocenters. The van der Waals surface area contributed by atoms with Gasteiger partial charge in [-0.2, -0.15) is 0 Å². The molecule has 0 saturated heterocycles. The van der Waals surface area contributed by atoms with E-state index in [2.05, 4.69) is 20.9 Å². The maximum Gasteiger partial charge on any atom is 0.161 e. The highest BCUT2D eigenvalue weighted by molar-refractivity contribution is 9.10. The smallest absolute Gasteiger partial charge is 0.161 e. The second-order valence-corrected chi connectivity index (χ2v) is 5.06. The molecule has 0 aliphatic rings. The number of methoxy groups -OCH3 is 1. The summed E-state index contributed by atoms with van der Waals surface area (Å²) >= 11 is 3.40. The summed E-state index contributed by atoms with van der Waals surface area (Å²) in [5, 5.41) is 0. The second kappa shape index (κ2) is 7.24. The van der Waals surface area contributed by atoms with Gasteiger partial charge >= 0.3 is 0 Å². The molecule has 0 aliphatic carbocycles. The van der Waals surface area contributed by atoms with Crippen LogP contribution >= 0.6 is 15.9 Å². The Morgan fingerprint density at radius 3 is 2.70 bits per heavy atom. The Morgan fingerprint density at radius 2 is 2.00 bits per heavy atom. The fourth-order valence-corrected chi connectivity index (χ4v) is 2.14. The molecular formula is C15H15BrFNO2. The topological polar surface area (TPSA) is 31.4 Å². The first-order valence-electron chi connectivity index (χ1n) is 6.22. The molecule has 0 unspecified atom stereocenters. The zero-order valence-electron chi connectivity index (χ0n) is 11.1. The zero-order valence-corrected chi connectivity index (χ0v) is 12.7. The van der Waals surface area contributed by atoms with Crippen LogP contribution in [0.15, 0.2) is 41.1 Å². The van der Waals surface area contributed by atoms with Gasteiger partial charge in [0, 0.05) is 28.9 Å². The molecule has 0 N–H and O–H groups in total. The predicted octanol–water partition coefficient (Wildman–Crippen LogP) is 4.26. The maximum absolute atomic E-state index is 12.1. The first-order chi connectivity index (χ1) is 9.74. The monoisotopic (exact) mass is 339 g/mol. The molecule has 0 spiro atoms. The van der Waals surface area contributed by atoms with Crippen molar-refractivity contribution in [1.82, 2.24) is 4.98 Å². The number of nitrogens with zero attached hydrogens (tertiary/aromatic N) is 1. The largest absolute Gasteiger partial charge is 0.493 e. The third-order valence-corrected chi connectivity index (χ3v) is 3.17. The number of aromatic nitrogens is 1. The number of benzene rings is 1. The van der Waals surface area contributed by atoms with Gasteiger partial charge in [-0.05, 0) is 39.7 Å². The Labute approximate surface area is 125 Å². The van der Waals surface area contributed by atoms with Crippen LogP contribution in [0.5, 0.6) is 11.5 Å². The summed E-state index contributed by atoms with van der Waals surface area (Å²) in [5.41, 5.74) is 1.94. The van der Waals surface area contributed by atoms with Crippen LogP contribution in [0.2, 0.25) is 0 Å². The van der Waals surface area contributed by atoms with Gasteiger partial charge in [0.25, 0.3) is 0 Å². The van der Waals surface area contributed by atoms with Crippen LogP contribution in [0.3, 0.4) is 0 Å². The number of alkyl halides is 1. The van der Waals surface area contributed by atoms with E-state index in [9.17, 15) is 4.39 Å².